The Kier molecular flexibility index (Phi) is 3.07. The summed E-state index contributed by atoms with van der Waals surface area (Å²) in [6.07, 6.45) is 0. The first-order chi connectivity index (χ1) is 8.00. The van der Waals surface area contributed by atoms with E-state index in [4.69, 9.17) is 21.9 Å². The van der Waals surface area contributed by atoms with Gasteiger partial charge in [-0.1, -0.05) is 30.6 Å². The SMILES string of the molecule is CC(C)c1c(-c2ccc(F)cc2Cl)noc1N. The Morgan fingerprint density at radius 3 is 2.71 bits per heavy atom. The van der Waals surface area contributed by atoms with Gasteiger partial charge >= 0.3 is 0 Å². The fourth-order valence-electron chi connectivity index (χ4n) is 1.74. The summed E-state index contributed by atoms with van der Waals surface area (Å²) in [6.45, 7) is 3.95. The van der Waals surface area contributed by atoms with E-state index in [9.17, 15) is 4.39 Å². The predicted molar refractivity (Wildman–Crippen MR) is 65.4 cm³/mol. The van der Waals surface area contributed by atoms with Crippen LogP contribution in [0.2, 0.25) is 5.02 Å². The van der Waals surface area contributed by atoms with Gasteiger partial charge in [0.2, 0.25) is 5.88 Å². The molecule has 2 rings (SSSR count). The maximum atomic E-state index is 13.0. The fraction of sp³-hybridized carbons (Fsp3) is 0.250. The smallest absolute Gasteiger partial charge is 0.226 e. The van der Waals surface area contributed by atoms with Crippen LogP contribution in [0.5, 0.6) is 0 Å². The Hall–Kier alpha value is -1.55. The van der Waals surface area contributed by atoms with E-state index in [0.717, 1.165) is 5.56 Å². The van der Waals surface area contributed by atoms with Gasteiger partial charge in [-0.3, -0.25) is 0 Å². The lowest BCUT2D eigenvalue weighted by Gasteiger charge is -2.06. The van der Waals surface area contributed by atoms with Gasteiger partial charge in [0.25, 0.3) is 0 Å². The number of nitrogen functional groups attached to an aromatic ring is 1. The van der Waals surface area contributed by atoms with Crippen LogP contribution in [0, 0.1) is 5.82 Å². The number of nitrogens with zero attached hydrogens (tertiary/aromatic N) is 1. The molecule has 1 aromatic heterocycles. The molecule has 0 saturated heterocycles. The molecule has 0 bridgehead atoms. The van der Waals surface area contributed by atoms with Crippen molar-refractivity contribution < 1.29 is 8.91 Å². The average Bonchev–Trinajstić information content (AvgIpc) is 2.60. The number of benzene rings is 1. The molecular formula is C12H12ClFN2O. The van der Waals surface area contributed by atoms with Gasteiger partial charge < -0.3 is 10.3 Å². The van der Waals surface area contributed by atoms with E-state index < -0.39 is 0 Å². The second-order valence-electron chi connectivity index (χ2n) is 4.09. The van der Waals surface area contributed by atoms with Gasteiger partial charge in [0.05, 0.1) is 5.02 Å². The highest BCUT2D eigenvalue weighted by Gasteiger charge is 2.20. The molecule has 1 heterocycles. The number of anilines is 1. The number of hydrogen-bond acceptors (Lipinski definition) is 3. The molecule has 0 spiro atoms. The third-order valence-corrected chi connectivity index (χ3v) is 2.83. The van der Waals surface area contributed by atoms with Crippen LogP contribution in [0.3, 0.4) is 0 Å². The van der Waals surface area contributed by atoms with Crippen LogP contribution in [-0.4, -0.2) is 5.16 Å². The first kappa shape index (κ1) is 11.9. The summed E-state index contributed by atoms with van der Waals surface area (Å²) in [5.41, 5.74) is 7.70. The van der Waals surface area contributed by atoms with Gasteiger partial charge in [0.1, 0.15) is 11.5 Å². The van der Waals surface area contributed by atoms with Crippen molar-refractivity contribution in [3.8, 4) is 11.3 Å². The highest BCUT2D eigenvalue weighted by molar-refractivity contribution is 6.33. The zero-order chi connectivity index (χ0) is 12.6. The number of nitrogens with two attached hydrogens (primary N) is 1. The van der Waals surface area contributed by atoms with E-state index in [0.29, 0.717) is 16.3 Å². The molecule has 0 aliphatic carbocycles. The van der Waals surface area contributed by atoms with Crippen LogP contribution in [0.15, 0.2) is 22.7 Å². The Morgan fingerprint density at radius 1 is 1.41 bits per heavy atom. The quantitative estimate of drug-likeness (QED) is 0.886. The van der Waals surface area contributed by atoms with Crippen molar-refractivity contribution in [2.75, 3.05) is 5.73 Å². The summed E-state index contributed by atoms with van der Waals surface area (Å²) in [5, 5.41) is 4.18. The van der Waals surface area contributed by atoms with E-state index in [1.54, 1.807) is 6.07 Å². The molecule has 2 aromatic rings. The molecule has 0 atom stereocenters. The molecule has 3 nitrogen and oxygen atoms in total. The molecule has 0 saturated carbocycles. The van der Waals surface area contributed by atoms with Gasteiger partial charge in [0, 0.05) is 11.1 Å². The van der Waals surface area contributed by atoms with Crippen molar-refractivity contribution in [1.82, 2.24) is 5.16 Å². The lowest BCUT2D eigenvalue weighted by atomic mass is 9.99. The molecule has 0 aliphatic heterocycles. The summed E-state index contributed by atoms with van der Waals surface area (Å²) in [7, 11) is 0. The fourth-order valence-corrected chi connectivity index (χ4v) is 2.00. The van der Waals surface area contributed by atoms with Crippen LogP contribution in [0.4, 0.5) is 10.3 Å². The molecule has 17 heavy (non-hydrogen) atoms. The number of hydrogen-bond donors (Lipinski definition) is 1. The second kappa shape index (κ2) is 4.37. The van der Waals surface area contributed by atoms with Crippen LogP contribution in [0.1, 0.15) is 25.3 Å². The number of halogens is 2. The summed E-state index contributed by atoms with van der Waals surface area (Å²) < 4.78 is 17.9. The van der Waals surface area contributed by atoms with E-state index in [-0.39, 0.29) is 17.6 Å². The van der Waals surface area contributed by atoms with E-state index in [2.05, 4.69) is 5.16 Å². The molecule has 0 fully saturated rings. The Balaban J connectivity index is 2.61. The highest BCUT2D eigenvalue weighted by Crippen LogP contribution is 2.36. The summed E-state index contributed by atoms with van der Waals surface area (Å²) in [5.74, 6) is 0.0362. The lowest BCUT2D eigenvalue weighted by molar-refractivity contribution is 0.438. The molecule has 0 aliphatic rings. The Bertz CT molecular complexity index is 551. The van der Waals surface area contributed by atoms with Gasteiger partial charge in [-0.25, -0.2) is 4.39 Å². The maximum Gasteiger partial charge on any atom is 0.226 e. The van der Waals surface area contributed by atoms with E-state index in [1.807, 2.05) is 13.8 Å². The van der Waals surface area contributed by atoms with Crippen molar-refractivity contribution in [2.24, 2.45) is 0 Å². The topological polar surface area (TPSA) is 52.0 Å². The number of rotatable bonds is 2. The Morgan fingerprint density at radius 2 is 2.12 bits per heavy atom. The van der Waals surface area contributed by atoms with Crippen LogP contribution in [0.25, 0.3) is 11.3 Å². The van der Waals surface area contributed by atoms with Crippen molar-refractivity contribution in [2.45, 2.75) is 19.8 Å². The minimum Gasteiger partial charge on any atom is -0.367 e. The monoisotopic (exact) mass is 254 g/mol. The van der Waals surface area contributed by atoms with Gasteiger partial charge in [-0.2, -0.15) is 0 Å². The van der Waals surface area contributed by atoms with Gasteiger partial charge in [-0.05, 0) is 24.1 Å². The summed E-state index contributed by atoms with van der Waals surface area (Å²) in [4.78, 5) is 0. The standard InChI is InChI=1S/C12H12ClFN2O/c1-6(2)10-11(16-17-12(10)15)8-4-3-7(14)5-9(8)13/h3-6H,15H2,1-2H3. The summed E-state index contributed by atoms with van der Waals surface area (Å²) >= 11 is 5.99. The second-order valence-corrected chi connectivity index (χ2v) is 4.50. The van der Waals surface area contributed by atoms with E-state index in [1.165, 1.54) is 12.1 Å². The van der Waals surface area contributed by atoms with Crippen molar-refractivity contribution in [3.63, 3.8) is 0 Å². The third-order valence-electron chi connectivity index (χ3n) is 2.52. The minimum atomic E-state index is -0.388. The summed E-state index contributed by atoms with van der Waals surface area (Å²) in [6, 6.07) is 4.14. The van der Waals surface area contributed by atoms with Gasteiger partial charge in [0.15, 0.2) is 0 Å². The molecule has 5 heteroatoms. The molecular weight excluding hydrogens is 243 g/mol. The zero-order valence-electron chi connectivity index (χ0n) is 9.50. The molecule has 1 aromatic carbocycles. The molecule has 2 N–H and O–H groups in total. The Labute approximate surface area is 103 Å². The van der Waals surface area contributed by atoms with Crippen LogP contribution >= 0.6 is 11.6 Å². The van der Waals surface area contributed by atoms with Gasteiger partial charge in [-0.15, -0.1) is 0 Å². The molecule has 90 valence electrons. The average molecular weight is 255 g/mol. The van der Waals surface area contributed by atoms with Crippen molar-refractivity contribution >= 4 is 17.5 Å². The highest BCUT2D eigenvalue weighted by atomic mass is 35.5. The molecule has 0 radical (unpaired) electrons. The van der Waals surface area contributed by atoms with Crippen molar-refractivity contribution in [3.05, 3.63) is 34.6 Å². The number of aromatic nitrogens is 1. The molecule has 0 unspecified atom stereocenters. The van der Waals surface area contributed by atoms with Crippen molar-refractivity contribution in [1.29, 1.82) is 0 Å². The van der Waals surface area contributed by atoms with Crippen LogP contribution in [-0.2, 0) is 0 Å². The minimum absolute atomic E-state index is 0.150. The third kappa shape index (κ3) is 2.13. The van der Waals surface area contributed by atoms with Crippen LogP contribution < -0.4 is 5.73 Å². The predicted octanol–water partition coefficient (Wildman–Crippen LogP) is 3.84. The largest absolute Gasteiger partial charge is 0.367 e. The first-order valence-electron chi connectivity index (χ1n) is 5.21. The zero-order valence-corrected chi connectivity index (χ0v) is 10.3. The first-order valence-corrected chi connectivity index (χ1v) is 5.59. The molecule has 0 amide bonds. The van der Waals surface area contributed by atoms with E-state index >= 15 is 0 Å². The normalized spacial score (nSPS) is 11.1. The maximum absolute atomic E-state index is 13.0. The lowest BCUT2D eigenvalue weighted by Crippen LogP contribution is -1.95.